The Labute approximate surface area is 190 Å². The SMILES string of the molecule is CC[C@H](O)CC[C@@]1(C)C[C@@H](CC)[C@@H](O)C2C1CC[C@@]1(C)C2CC[C@@H]1[C@H](C)CCC(=O)O. The van der Waals surface area contributed by atoms with Gasteiger partial charge in [-0.3, -0.25) is 4.79 Å². The summed E-state index contributed by atoms with van der Waals surface area (Å²) >= 11 is 0. The third kappa shape index (κ3) is 4.71. The Morgan fingerprint density at radius 3 is 2.42 bits per heavy atom. The third-order valence-corrected chi connectivity index (χ3v) is 10.5. The molecule has 0 heterocycles. The zero-order valence-electron chi connectivity index (χ0n) is 20.6. The first kappa shape index (κ1) is 25.0. The van der Waals surface area contributed by atoms with Crippen molar-refractivity contribution in [1.29, 1.82) is 0 Å². The van der Waals surface area contributed by atoms with Crippen molar-refractivity contribution in [1.82, 2.24) is 0 Å². The summed E-state index contributed by atoms with van der Waals surface area (Å²) in [6.07, 6.45) is 10.2. The molecule has 180 valence electrons. The zero-order chi connectivity index (χ0) is 23.0. The molecule has 0 aliphatic heterocycles. The zero-order valence-corrected chi connectivity index (χ0v) is 20.6. The van der Waals surface area contributed by atoms with Gasteiger partial charge in [0.15, 0.2) is 0 Å². The summed E-state index contributed by atoms with van der Waals surface area (Å²) < 4.78 is 0. The van der Waals surface area contributed by atoms with Gasteiger partial charge < -0.3 is 15.3 Å². The van der Waals surface area contributed by atoms with Gasteiger partial charge in [0, 0.05) is 6.42 Å². The van der Waals surface area contributed by atoms with Crippen LogP contribution in [0, 0.1) is 46.3 Å². The summed E-state index contributed by atoms with van der Waals surface area (Å²) in [7, 11) is 0. The summed E-state index contributed by atoms with van der Waals surface area (Å²) in [6.45, 7) is 11.5. The van der Waals surface area contributed by atoms with Crippen LogP contribution in [0.1, 0.15) is 105 Å². The molecule has 3 saturated carbocycles. The second-order valence-electron chi connectivity index (χ2n) is 12.0. The van der Waals surface area contributed by atoms with Crippen LogP contribution in [0.3, 0.4) is 0 Å². The van der Waals surface area contributed by atoms with Gasteiger partial charge in [-0.25, -0.2) is 0 Å². The van der Waals surface area contributed by atoms with Crippen LogP contribution >= 0.6 is 0 Å². The minimum absolute atomic E-state index is 0.203. The number of rotatable bonds is 9. The van der Waals surface area contributed by atoms with Crippen molar-refractivity contribution in [2.24, 2.45) is 46.3 Å². The molecular weight excluding hydrogens is 388 g/mol. The van der Waals surface area contributed by atoms with E-state index in [0.717, 1.165) is 38.5 Å². The molecule has 0 radical (unpaired) electrons. The Balaban J connectivity index is 1.83. The lowest BCUT2D eigenvalue weighted by Crippen LogP contribution is -2.57. The Morgan fingerprint density at radius 1 is 1.10 bits per heavy atom. The van der Waals surface area contributed by atoms with E-state index in [1.54, 1.807) is 0 Å². The first-order valence-corrected chi connectivity index (χ1v) is 13.1. The second-order valence-corrected chi connectivity index (χ2v) is 12.0. The Morgan fingerprint density at radius 2 is 1.81 bits per heavy atom. The molecule has 4 heteroatoms. The van der Waals surface area contributed by atoms with Crippen LogP contribution in [0.25, 0.3) is 0 Å². The molecule has 3 unspecified atom stereocenters. The highest BCUT2D eigenvalue weighted by atomic mass is 16.4. The lowest BCUT2D eigenvalue weighted by molar-refractivity contribution is -0.158. The summed E-state index contributed by atoms with van der Waals surface area (Å²) in [5.41, 5.74) is 0.425. The number of hydrogen-bond donors (Lipinski definition) is 3. The van der Waals surface area contributed by atoms with Crippen molar-refractivity contribution < 1.29 is 20.1 Å². The summed E-state index contributed by atoms with van der Waals surface area (Å²) in [5, 5.41) is 31.0. The maximum atomic E-state index is 11.6. The van der Waals surface area contributed by atoms with E-state index in [2.05, 4.69) is 34.6 Å². The molecule has 3 rings (SSSR count). The minimum Gasteiger partial charge on any atom is -0.481 e. The Kier molecular flexibility index (Phi) is 7.84. The first-order valence-electron chi connectivity index (χ1n) is 13.1. The van der Waals surface area contributed by atoms with Gasteiger partial charge in [-0.1, -0.05) is 41.0 Å². The van der Waals surface area contributed by atoms with Crippen LogP contribution in [0.2, 0.25) is 0 Å². The molecule has 10 atom stereocenters. The van der Waals surface area contributed by atoms with E-state index in [4.69, 9.17) is 5.11 Å². The highest BCUT2D eigenvalue weighted by Crippen LogP contribution is 2.67. The maximum absolute atomic E-state index is 11.6. The van der Waals surface area contributed by atoms with Gasteiger partial charge in [-0.15, -0.1) is 0 Å². The van der Waals surface area contributed by atoms with Crippen molar-refractivity contribution >= 4 is 5.97 Å². The molecule has 0 amide bonds. The summed E-state index contributed by atoms with van der Waals surface area (Å²) in [6, 6.07) is 0. The maximum Gasteiger partial charge on any atom is 0.303 e. The van der Waals surface area contributed by atoms with E-state index in [9.17, 15) is 15.0 Å². The fourth-order valence-corrected chi connectivity index (χ4v) is 8.57. The Bertz CT molecular complexity index is 620. The fourth-order valence-electron chi connectivity index (χ4n) is 8.57. The van der Waals surface area contributed by atoms with Crippen LogP contribution in [0.5, 0.6) is 0 Å². The number of carbonyl (C=O) groups is 1. The van der Waals surface area contributed by atoms with E-state index in [-0.39, 0.29) is 29.5 Å². The second kappa shape index (κ2) is 9.71. The molecule has 3 N–H and O–H groups in total. The smallest absolute Gasteiger partial charge is 0.303 e. The molecule has 0 bridgehead atoms. The molecule has 3 aliphatic carbocycles. The number of hydrogen-bond acceptors (Lipinski definition) is 3. The first-order chi connectivity index (χ1) is 14.6. The number of aliphatic hydroxyl groups excluding tert-OH is 2. The summed E-state index contributed by atoms with van der Waals surface area (Å²) in [5.74, 6) is 2.11. The van der Waals surface area contributed by atoms with Crippen molar-refractivity contribution in [2.45, 2.75) is 117 Å². The van der Waals surface area contributed by atoms with Gasteiger partial charge in [0.1, 0.15) is 0 Å². The molecule has 3 fully saturated rings. The van der Waals surface area contributed by atoms with Gasteiger partial charge in [0.25, 0.3) is 0 Å². The number of carboxylic acid groups (broad SMARTS) is 1. The van der Waals surface area contributed by atoms with Crippen LogP contribution < -0.4 is 0 Å². The van der Waals surface area contributed by atoms with Crippen molar-refractivity contribution in [3.8, 4) is 0 Å². The van der Waals surface area contributed by atoms with Gasteiger partial charge in [-0.05, 0) is 104 Å². The van der Waals surface area contributed by atoms with Crippen molar-refractivity contribution in [3.05, 3.63) is 0 Å². The molecule has 3 aliphatic rings. The predicted molar refractivity (Wildman–Crippen MR) is 125 cm³/mol. The van der Waals surface area contributed by atoms with Crippen LogP contribution in [-0.2, 0) is 4.79 Å². The average molecular weight is 437 g/mol. The molecular formula is C27H48O4. The lowest BCUT2D eigenvalue weighted by atomic mass is 9.45. The fraction of sp³-hybridized carbons (Fsp3) is 0.963. The van der Waals surface area contributed by atoms with E-state index < -0.39 is 5.97 Å². The third-order valence-electron chi connectivity index (χ3n) is 10.5. The number of aliphatic hydroxyl groups is 2. The molecule has 0 aromatic carbocycles. The molecule has 31 heavy (non-hydrogen) atoms. The standard InChI is InChI=1S/C27H48O4/c1-6-18-16-26(4,14-12-19(28)7-2)21-13-15-27(5)20(17(3)8-11-23(29)30)9-10-22(27)24(21)25(18)31/h17-22,24-25,28,31H,6-16H2,1-5H3,(H,29,30)/t17-,18-,19+,20-,21?,22?,24?,25-,26+,27-/m1/s1. The van der Waals surface area contributed by atoms with E-state index in [1.165, 1.54) is 25.7 Å². The van der Waals surface area contributed by atoms with Crippen LogP contribution in [0.4, 0.5) is 0 Å². The number of carboxylic acids is 1. The monoisotopic (exact) mass is 436 g/mol. The minimum atomic E-state index is -0.686. The summed E-state index contributed by atoms with van der Waals surface area (Å²) in [4.78, 5) is 11.1. The van der Waals surface area contributed by atoms with E-state index >= 15 is 0 Å². The predicted octanol–water partition coefficient (Wildman–Crippen LogP) is 5.89. The van der Waals surface area contributed by atoms with Gasteiger partial charge in [0.05, 0.1) is 12.2 Å². The topological polar surface area (TPSA) is 77.8 Å². The van der Waals surface area contributed by atoms with E-state index in [0.29, 0.717) is 35.5 Å². The van der Waals surface area contributed by atoms with Gasteiger partial charge >= 0.3 is 5.97 Å². The molecule has 0 aromatic rings. The normalized spacial score (nSPS) is 44.4. The molecule has 0 saturated heterocycles. The Hall–Kier alpha value is -0.610. The highest BCUT2D eigenvalue weighted by molar-refractivity contribution is 5.66. The number of aliphatic carboxylic acids is 1. The van der Waals surface area contributed by atoms with Gasteiger partial charge in [0.2, 0.25) is 0 Å². The molecule has 0 aromatic heterocycles. The largest absolute Gasteiger partial charge is 0.481 e. The van der Waals surface area contributed by atoms with Crippen molar-refractivity contribution in [3.63, 3.8) is 0 Å². The average Bonchev–Trinajstić information content (AvgIpc) is 3.09. The number of fused-ring (bicyclic) bond motifs is 3. The quantitative estimate of drug-likeness (QED) is 0.421. The van der Waals surface area contributed by atoms with Crippen molar-refractivity contribution in [2.75, 3.05) is 0 Å². The lowest BCUT2D eigenvalue weighted by Gasteiger charge is -2.60. The molecule has 0 spiro atoms. The highest BCUT2D eigenvalue weighted by Gasteiger charge is 2.61. The van der Waals surface area contributed by atoms with Crippen LogP contribution in [0.15, 0.2) is 0 Å². The van der Waals surface area contributed by atoms with E-state index in [1.807, 2.05) is 0 Å². The molecule has 4 nitrogen and oxygen atoms in total. The van der Waals surface area contributed by atoms with Gasteiger partial charge in [-0.2, -0.15) is 0 Å². The van der Waals surface area contributed by atoms with Crippen LogP contribution in [-0.4, -0.2) is 33.5 Å².